The van der Waals surface area contributed by atoms with Gasteiger partial charge in [-0.25, -0.2) is 14.5 Å². The van der Waals surface area contributed by atoms with Crippen LogP contribution in [0.2, 0.25) is 0 Å². The molecule has 2 aliphatic carbocycles. The molecule has 0 aromatic heterocycles. The number of phenolic OH excluding ortho intramolecular Hbond substituents is 1. The molecule has 5 rings (SSSR count). The molecule has 2 amide bonds. The van der Waals surface area contributed by atoms with Gasteiger partial charge in [0.15, 0.2) is 11.5 Å². The Balaban J connectivity index is 1.61. The fourth-order valence-electron chi connectivity index (χ4n) is 7.54. The zero-order valence-electron chi connectivity index (χ0n) is 24.7. The molecule has 1 spiro atoms. The van der Waals surface area contributed by atoms with Crippen LogP contribution in [0.4, 0.5) is 9.59 Å². The molecule has 40 heavy (non-hydrogen) atoms. The second-order valence-corrected chi connectivity index (χ2v) is 13.4. The summed E-state index contributed by atoms with van der Waals surface area (Å²) in [5.41, 5.74) is -0.934. The molecule has 5 atom stereocenters. The number of amides is 2. The normalized spacial score (nSPS) is 30.6. The van der Waals surface area contributed by atoms with Crippen molar-refractivity contribution in [1.29, 1.82) is 5.41 Å². The summed E-state index contributed by atoms with van der Waals surface area (Å²) in [5.74, 6) is -0.0110. The standard InChI is InChI=1S/C29H42N4O7/c1-26(2,3)39-24(35)31-23(30)33(25(36)40-27(4,5)6)17-11-12-29(37-8)19-15-16-9-10-18(34)21-20(16)28(29,22(17)38-21)13-14-32(19)7/h9-10,17,19,22,34H,11-15H2,1-8H3,(H2,30,31,35)/t17-,19-,22+,28+,29-/m1/s1. The minimum absolute atomic E-state index is 0.0365. The number of carbonyl (C=O) groups is 2. The van der Waals surface area contributed by atoms with E-state index in [4.69, 9.17) is 24.4 Å². The second-order valence-electron chi connectivity index (χ2n) is 13.4. The molecule has 1 aromatic carbocycles. The zero-order chi connectivity index (χ0) is 29.4. The lowest BCUT2D eigenvalue weighted by Crippen LogP contribution is -2.79. The fraction of sp³-hybridized carbons (Fsp3) is 0.690. The maximum Gasteiger partial charge on any atom is 0.417 e. The van der Waals surface area contributed by atoms with Crippen LogP contribution in [0.25, 0.3) is 0 Å². The number of hydrogen-bond donors (Lipinski definition) is 3. The van der Waals surface area contributed by atoms with Crippen molar-refractivity contribution in [3.05, 3.63) is 23.3 Å². The Morgan fingerprint density at radius 2 is 1.82 bits per heavy atom. The Kier molecular flexibility index (Phi) is 6.58. The summed E-state index contributed by atoms with van der Waals surface area (Å²) in [6.45, 7) is 11.2. The van der Waals surface area contributed by atoms with Crippen molar-refractivity contribution in [2.24, 2.45) is 0 Å². The number of benzene rings is 1. The van der Waals surface area contributed by atoms with Gasteiger partial charge in [0.05, 0.1) is 17.1 Å². The lowest BCUT2D eigenvalue weighted by Gasteiger charge is -2.65. The topological polar surface area (TPSA) is 134 Å². The third kappa shape index (κ3) is 4.20. The van der Waals surface area contributed by atoms with Gasteiger partial charge < -0.3 is 29.0 Å². The molecule has 2 heterocycles. The van der Waals surface area contributed by atoms with Crippen molar-refractivity contribution in [2.45, 2.75) is 108 Å². The maximum atomic E-state index is 13.8. The van der Waals surface area contributed by atoms with E-state index >= 15 is 0 Å². The van der Waals surface area contributed by atoms with Crippen LogP contribution in [-0.2, 0) is 26.0 Å². The van der Waals surface area contributed by atoms with Crippen LogP contribution in [0.15, 0.2) is 12.1 Å². The summed E-state index contributed by atoms with van der Waals surface area (Å²) in [4.78, 5) is 29.9. The number of guanidine groups is 1. The molecule has 11 heteroatoms. The van der Waals surface area contributed by atoms with E-state index in [-0.39, 0.29) is 11.8 Å². The monoisotopic (exact) mass is 558 g/mol. The molecule has 4 aliphatic rings. The zero-order valence-corrected chi connectivity index (χ0v) is 24.7. The van der Waals surface area contributed by atoms with Gasteiger partial charge in [-0.05, 0) is 92.4 Å². The van der Waals surface area contributed by atoms with E-state index in [1.54, 1.807) is 54.7 Å². The first kappa shape index (κ1) is 28.5. The van der Waals surface area contributed by atoms with E-state index in [1.165, 1.54) is 4.90 Å². The van der Waals surface area contributed by atoms with Crippen molar-refractivity contribution in [3.63, 3.8) is 0 Å². The van der Waals surface area contributed by atoms with Gasteiger partial charge in [0, 0.05) is 18.7 Å². The number of phenols is 1. The number of hydrogen-bond acceptors (Lipinski definition) is 9. The highest BCUT2D eigenvalue weighted by Gasteiger charge is 2.74. The van der Waals surface area contributed by atoms with Gasteiger partial charge in [-0.2, -0.15) is 0 Å². The summed E-state index contributed by atoms with van der Waals surface area (Å²) in [6, 6.07) is 2.98. The van der Waals surface area contributed by atoms with Gasteiger partial charge in [-0.3, -0.25) is 10.7 Å². The third-order valence-corrected chi connectivity index (χ3v) is 8.80. The van der Waals surface area contributed by atoms with Gasteiger partial charge >= 0.3 is 12.2 Å². The van der Waals surface area contributed by atoms with Crippen molar-refractivity contribution in [1.82, 2.24) is 15.1 Å². The van der Waals surface area contributed by atoms with Crippen LogP contribution in [0.1, 0.15) is 71.9 Å². The molecule has 11 nitrogen and oxygen atoms in total. The first-order valence-corrected chi connectivity index (χ1v) is 13.9. The van der Waals surface area contributed by atoms with E-state index in [9.17, 15) is 14.7 Å². The van der Waals surface area contributed by atoms with Crippen LogP contribution in [0, 0.1) is 5.41 Å². The summed E-state index contributed by atoms with van der Waals surface area (Å²) in [7, 11) is 3.84. The van der Waals surface area contributed by atoms with E-state index < -0.39 is 52.5 Å². The van der Waals surface area contributed by atoms with Crippen LogP contribution in [0.5, 0.6) is 11.5 Å². The minimum atomic E-state index is -0.848. The average molecular weight is 559 g/mol. The number of nitrogens with zero attached hydrogens (tertiary/aromatic N) is 2. The van der Waals surface area contributed by atoms with Crippen molar-refractivity contribution in [3.8, 4) is 11.5 Å². The smallest absolute Gasteiger partial charge is 0.417 e. The van der Waals surface area contributed by atoms with E-state index in [1.807, 2.05) is 6.07 Å². The molecule has 1 saturated heterocycles. The van der Waals surface area contributed by atoms with Crippen LogP contribution < -0.4 is 10.1 Å². The Morgan fingerprint density at radius 3 is 2.45 bits per heavy atom. The molecule has 1 saturated carbocycles. The summed E-state index contributed by atoms with van der Waals surface area (Å²) < 4.78 is 24.2. The molecule has 3 N–H and O–H groups in total. The molecular formula is C29H42N4O7. The molecule has 2 fully saturated rings. The highest BCUT2D eigenvalue weighted by molar-refractivity contribution is 6.00. The number of alkyl carbamates (subject to hydrolysis) is 1. The highest BCUT2D eigenvalue weighted by Crippen LogP contribution is 2.66. The van der Waals surface area contributed by atoms with Crippen LogP contribution in [-0.4, -0.2) is 88.7 Å². The van der Waals surface area contributed by atoms with Crippen molar-refractivity contribution < 1.29 is 33.6 Å². The summed E-state index contributed by atoms with van der Waals surface area (Å²) in [6.07, 6.45) is 0.147. The van der Waals surface area contributed by atoms with Gasteiger partial charge in [0.1, 0.15) is 17.3 Å². The van der Waals surface area contributed by atoms with E-state index in [0.717, 1.165) is 24.1 Å². The number of likely N-dealkylation sites (tertiary alicyclic amines) is 1. The molecule has 220 valence electrons. The molecule has 2 aliphatic heterocycles. The Labute approximate surface area is 235 Å². The lowest BCUT2D eigenvalue weighted by molar-refractivity contribution is -0.207. The predicted octanol–water partition coefficient (Wildman–Crippen LogP) is 3.90. The number of carbonyl (C=O) groups excluding carboxylic acids is 2. The largest absolute Gasteiger partial charge is 0.504 e. The lowest BCUT2D eigenvalue weighted by atomic mass is 9.48. The molecule has 2 bridgehead atoms. The Bertz CT molecular complexity index is 1240. The number of methoxy groups -OCH3 is 1. The summed E-state index contributed by atoms with van der Waals surface area (Å²) >= 11 is 0. The van der Waals surface area contributed by atoms with Gasteiger partial charge in [0.25, 0.3) is 0 Å². The fourth-order valence-corrected chi connectivity index (χ4v) is 7.54. The first-order valence-electron chi connectivity index (χ1n) is 13.9. The minimum Gasteiger partial charge on any atom is -0.504 e. The number of aromatic hydroxyl groups is 1. The number of nitrogens with one attached hydrogen (secondary N) is 2. The Morgan fingerprint density at radius 1 is 1.15 bits per heavy atom. The molecule has 0 radical (unpaired) electrons. The molecule has 1 aromatic rings. The van der Waals surface area contributed by atoms with Gasteiger partial charge in [-0.15, -0.1) is 0 Å². The second kappa shape index (κ2) is 9.24. The predicted molar refractivity (Wildman–Crippen MR) is 147 cm³/mol. The van der Waals surface area contributed by atoms with E-state index in [0.29, 0.717) is 25.0 Å². The maximum absolute atomic E-state index is 13.8. The van der Waals surface area contributed by atoms with Crippen molar-refractivity contribution in [2.75, 3.05) is 20.7 Å². The van der Waals surface area contributed by atoms with Gasteiger partial charge in [0.2, 0.25) is 5.96 Å². The molecular weight excluding hydrogens is 516 g/mol. The van der Waals surface area contributed by atoms with Crippen LogP contribution >= 0.6 is 0 Å². The van der Waals surface area contributed by atoms with Gasteiger partial charge in [-0.1, -0.05) is 6.07 Å². The van der Waals surface area contributed by atoms with E-state index in [2.05, 4.69) is 17.3 Å². The SMILES string of the molecule is CO[C@@]12CC[C@@H](N(C(=N)NC(=O)OC(C)(C)C)C(=O)OC(C)(C)C)[C@@H]3Oc4c(O)ccc5c4[C@@]31CCN(C)[C@@H]2C5. The summed E-state index contributed by atoms with van der Waals surface area (Å²) in [5, 5.41) is 22.3. The number of likely N-dealkylation sites (N-methyl/N-ethyl adjacent to an activating group) is 1. The van der Waals surface area contributed by atoms with Crippen LogP contribution in [0.3, 0.4) is 0 Å². The Hall–Kier alpha value is -3.05. The van der Waals surface area contributed by atoms with Crippen molar-refractivity contribution >= 4 is 18.1 Å². The highest BCUT2D eigenvalue weighted by atomic mass is 16.6. The first-order chi connectivity index (χ1) is 18.5. The number of rotatable bonds is 2. The third-order valence-electron chi connectivity index (χ3n) is 8.80. The quantitative estimate of drug-likeness (QED) is 0.368. The number of piperidine rings is 1. The average Bonchev–Trinajstić information content (AvgIpc) is 3.17. The number of ether oxygens (including phenoxy) is 4. The molecule has 0 unspecified atom stereocenters.